The van der Waals surface area contributed by atoms with Gasteiger partial charge in [0.1, 0.15) is 11.5 Å². The molecule has 0 N–H and O–H groups in total. The van der Waals surface area contributed by atoms with Crippen LogP contribution < -0.4 is 14.4 Å². The number of benzene rings is 2. The van der Waals surface area contributed by atoms with E-state index < -0.39 is 0 Å². The Bertz CT molecular complexity index is 806. The molecular weight excluding hydrogens is 360 g/mol. The summed E-state index contributed by atoms with van der Waals surface area (Å²) in [4.78, 5) is 5.19. The predicted molar refractivity (Wildman–Crippen MR) is 120 cm³/mol. The van der Waals surface area contributed by atoms with E-state index in [9.17, 15) is 0 Å². The summed E-state index contributed by atoms with van der Waals surface area (Å²) >= 11 is 0. The molecule has 1 aliphatic carbocycles. The van der Waals surface area contributed by atoms with Crippen molar-refractivity contribution in [3.8, 4) is 11.5 Å². The van der Waals surface area contributed by atoms with Crippen LogP contribution in [0.5, 0.6) is 11.5 Å². The van der Waals surface area contributed by atoms with Crippen LogP contribution in [0, 0.1) is 6.92 Å². The van der Waals surface area contributed by atoms with Crippen LogP contribution in [0.2, 0.25) is 0 Å². The van der Waals surface area contributed by atoms with E-state index in [0.29, 0.717) is 5.92 Å². The molecule has 0 amide bonds. The van der Waals surface area contributed by atoms with Crippen LogP contribution >= 0.6 is 0 Å². The van der Waals surface area contributed by atoms with E-state index in [1.807, 2.05) is 6.07 Å². The number of hydrogen-bond donors (Lipinski definition) is 0. The van der Waals surface area contributed by atoms with E-state index in [0.717, 1.165) is 43.7 Å². The van der Waals surface area contributed by atoms with Gasteiger partial charge in [-0.3, -0.25) is 4.90 Å². The summed E-state index contributed by atoms with van der Waals surface area (Å²) in [6, 6.07) is 15.8. The number of methoxy groups -OCH3 is 2. The van der Waals surface area contributed by atoms with E-state index in [2.05, 4.69) is 53.1 Å². The molecule has 0 unspecified atom stereocenters. The van der Waals surface area contributed by atoms with Crippen molar-refractivity contribution in [3.05, 3.63) is 53.6 Å². The van der Waals surface area contributed by atoms with Crippen LogP contribution in [0.25, 0.3) is 0 Å². The summed E-state index contributed by atoms with van der Waals surface area (Å²) in [5.74, 6) is 2.68. The van der Waals surface area contributed by atoms with Gasteiger partial charge in [0.25, 0.3) is 0 Å². The minimum atomic E-state index is 0.636. The van der Waals surface area contributed by atoms with Gasteiger partial charge >= 0.3 is 0 Å². The molecule has 0 radical (unpaired) electrons. The molecule has 2 aromatic rings. The minimum Gasteiger partial charge on any atom is -0.496 e. The maximum Gasteiger partial charge on any atom is 0.142 e. The zero-order valence-electron chi connectivity index (χ0n) is 18.1. The molecule has 1 saturated heterocycles. The third-order valence-electron chi connectivity index (χ3n) is 6.78. The second-order valence-electron chi connectivity index (χ2n) is 8.45. The van der Waals surface area contributed by atoms with Crippen LogP contribution in [-0.4, -0.2) is 51.3 Å². The molecule has 4 heteroatoms. The van der Waals surface area contributed by atoms with Gasteiger partial charge in [0, 0.05) is 32.2 Å². The van der Waals surface area contributed by atoms with Gasteiger partial charge in [-0.2, -0.15) is 0 Å². The molecule has 2 fully saturated rings. The van der Waals surface area contributed by atoms with E-state index in [-0.39, 0.29) is 0 Å². The predicted octanol–water partition coefficient (Wildman–Crippen LogP) is 4.86. The Morgan fingerprint density at radius 3 is 2.17 bits per heavy atom. The molecule has 1 aliphatic heterocycles. The van der Waals surface area contributed by atoms with Crippen molar-refractivity contribution in [1.29, 1.82) is 0 Å². The number of nitrogens with zero attached hydrogens (tertiary/aromatic N) is 2. The van der Waals surface area contributed by atoms with Crippen molar-refractivity contribution in [2.75, 3.05) is 45.3 Å². The Labute approximate surface area is 175 Å². The Morgan fingerprint density at radius 2 is 1.48 bits per heavy atom. The molecule has 0 spiro atoms. The molecule has 29 heavy (non-hydrogen) atoms. The second kappa shape index (κ2) is 9.08. The second-order valence-corrected chi connectivity index (χ2v) is 8.45. The fourth-order valence-electron chi connectivity index (χ4n) is 5.13. The Morgan fingerprint density at radius 1 is 0.793 bits per heavy atom. The highest BCUT2D eigenvalue weighted by atomic mass is 16.5. The van der Waals surface area contributed by atoms with Gasteiger partial charge in [-0.15, -0.1) is 0 Å². The highest BCUT2D eigenvalue weighted by Crippen LogP contribution is 2.39. The Hall–Kier alpha value is -2.20. The van der Waals surface area contributed by atoms with Gasteiger partial charge in [-0.25, -0.2) is 0 Å². The van der Waals surface area contributed by atoms with Gasteiger partial charge in [0.05, 0.1) is 19.9 Å². The van der Waals surface area contributed by atoms with Gasteiger partial charge < -0.3 is 14.4 Å². The molecule has 156 valence electrons. The molecule has 2 aromatic carbocycles. The smallest absolute Gasteiger partial charge is 0.142 e. The zero-order valence-corrected chi connectivity index (χ0v) is 18.1. The average Bonchev–Trinajstić information content (AvgIpc) is 2.79. The maximum absolute atomic E-state index is 5.67. The van der Waals surface area contributed by atoms with Crippen molar-refractivity contribution >= 4 is 5.69 Å². The summed E-state index contributed by atoms with van der Waals surface area (Å²) in [5.41, 5.74) is 3.90. The van der Waals surface area contributed by atoms with Crippen molar-refractivity contribution in [1.82, 2.24) is 4.90 Å². The molecular formula is C25H34N2O2. The van der Waals surface area contributed by atoms with Gasteiger partial charge in [-0.05, 0) is 67.9 Å². The van der Waals surface area contributed by atoms with Crippen LogP contribution in [0.3, 0.4) is 0 Å². The monoisotopic (exact) mass is 394 g/mol. The maximum atomic E-state index is 5.67. The number of piperazine rings is 1. The number of ether oxygens (including phenoxy) is 2. The number of para-hydroxylation sites is 2. The van der Waals surface area contributed by atoms with Crippen molar-refractivity contribution in [2.45, 2.75) is 44.6 Å². The standard InChI is InChI=1S/C25H34N2O2/c1-19-8-13-22(25(18-19)29-3)20-9-11-21(12-10-20)26-14-16-27(17-15-26)23-6-4-5-7-24(23)28-2/h4-8,13,18,20-21H,9-12,14-17H2,1-3H3. The number of anilines is 1. The average molecular weight is 395 g/mol. The first-order chi connectivity index (χ1) is 14.2. The third-order valence-corrected chi connectivity index (χ3v) is 6.78. The van der Waals surface area contributed by atoms with Crippen LogP contribution in [0.1, 0.15) is 42.7 Å². The summed E-state index contributed by atoms with van der Waals surface area (Å²) in [6.07, 6.45) is 5.10. The molecule has 4 nitrogen and oxygen atoms in total. The lowest BCUT2D eigenvalue weighted by Gasteiger charge is -2.43. The zero-order chi connectivity index (χ0) is 20.2. The van der Waals surface area contributed by atoms with E-state index in [1.54, 1.807) is 14.2 Å². The highest BCUT2D eigenvalue weighted by Gasteiger charge is 2.30. The lowest BCUT2D eigenvalue weighted by molar-refractivity contribution is 0.141. The van der Waals surface area contributed by atoms with Crippen LogP contribution in [0.4, 0.5) is 5.69 Å². The van der Waals surface area contributed by atoms with Gasteiger partial charge in [-0.1, -0.05) is 24.3 Å². The minimum absolute atomic E-state index is 0.636. The Kier molecular flexibility index (Phi) is 6.29. The molecule has 1 heterocycles. The van der Waals surface area contributed by atoms with Crippen molar-refractivity contribution in [3.63, 3.8) is 0 Å². The Balaban J connectivity index is 1.32. The van der Waals surface area contributed by atoms with Gasteiger partial charge in [0.15, 0.2) is 0 Å². The summed E-state index contributed by atoms with van der Waals surface area (Å²) in [5, 5.41) is 0. The SMILES string of the molecule is COc1cc(C)ccc1C1CCC(N2CCN(c3ccccc3OC)CC2)CC1. The fourth-order valence-corrected chi connectivity index (χ4v) is 5.13. The molecule has 0 atom stereocenters. The van der Waals surface area contributed by atoms with Crippen LogP contribution in [-0.2, 0) is 0 Å². The number of aryl methyl sites for hydroxylation is 1. The topological polar surface area (TPSA) is 24.9 Å². The summed E-state index contributed by atoms with van der Waals surface area (Å²) in [7, 11) is 3.56. The van der Waals surface area contributed by atoms with Crippen molar-refractivity contribution in [2.24, 2.45) is 0 Å². The van der Waals surface area contributed by atoms with E-state index in [1.165, 1.54) is 42.5 Å². The lowest BCUT2D eigenvalue weighted by atomic mass is 9.80. The summed E-state index contributed by atoms with van der Waals surface area (Å²) < 4.78 is 11.2. The van der Waals surface area contributed by atoms with E-state index in [4.69, 9.17) is 9.47 Å². The van der Waals surface area contributed by atoms with Crippen molar-refractivity contribution < 1.29 is 9.47 Å². The first-order valence-corrected chi connectivity index (χ1v) is 11.0. The lowest BCUT2D eigenvalue weighted by Crippen LogP contribution is -2.51. The quantitative estimate of drug-likeness (QED) is 0.723. The number of hydrogen-bond acceptors (Lipinski definition) is 4. The molecule has 1 saturated carbocycles. The third kappa shape index (κ3) is 4.37. The molecule has 4 rings (SSSR count). The van der Waals surface area contributed by atoms with Gasteiger partial charge in [0.2, 0.25) is 0 Å². The fraction of sp³-hybridized carbons (Fsp3) is 0.520. The number of rotatable bonds is 5. The molecule has 2 aliphatic rings. The summed E-state index contributed by atoms with van der Waals surface area (Å²) in [6.45, 7) is 6.56. The van der Waals surface area contributed by atoms with E-state index >= 15 is 0 Å². The first-order valence-electron chi connectivity index (χ1n) is 11.0. The van der Waals surface area contributed by atoms with Crippen LogP contribution in [0.15, 0.2) is 42.5 Å². The first kappa shape index (κ1) is 20.1. The molecule has 0 bridgehead atoms. The normalized spacial score (nSPS) is 23.1. The largest absolute Gasteiger partial charge is 0.496 e. The molecule has 0 aromatic heterocycles. The highest BCUT2D eigenvalue weighted by molar-refractivity contribution is 5.58.